The SMILES string of the molecule is CC(C)(C)C1(Cc2cccc(OC(F)(F)C(F)F)c2)C(c2cccc(F)n2)OC(=O)N1C(=O)O. The number of aromatic nitrogens is 1. The number of carboxylic acid groups (broad SMARTS) is 1. The number of carbonyl (C=O) groups excluding carboxylic acids is 1. The lowest BCUT2D eigenvalue weighted by molar-refractivity contribution is -0.253. The summed E-state index contributed by atoms with van der Waals surface area (Å²) in [4.78, 5) is 29.0. The number of amides is 2. The number of cyclic esters (lactones) is 1. The Morgan fingerprint density at radius 3 is 2.44 bits per heavy atom. The monoisotopic (exact) mass is 488 g/mol. The number of pyridine rings is 1. The Kier molecular flexibility index (Phi) is 6.47. The van der Waals surface area contributed by atoms with Gasteiger partial charge in [-0.3, -0.25) is 0 Å². The summed E-state index contributed by atoms with van der Waals surface area (Å²) in [5.41, 5.74) is -2.70. The predicted molar refractivity (Wildman–Crippen MR) is 107 cm³/mol. The largest absolute Gasteiger partial charge is 0.465 e. The van der Waals surface area contributed by atoms with Crippen LogP contribution in [0, 0.1) is 11.4 Å². The third kappa shape index (κ3) is 4.48. The summed E-state index contributed by atoms with van der Waals surface area (Å²) in [5.74, 6) is -1.49. The van der Waals surface area contributed by atoms with Crippen molar-refractivity contribution in [2.45, 2.75) is 51.4 Å². The van der Waals surface area contributed by atoms with Crippen LogP contribution in [0.2, 0.25) is 0 Å². The van der Waals surface area contributed by atoms with Crippen molar-refractivity contribution in [3.63, 3.8) is 0 Å². The summed E-state index contributed by atoms with van der Waals surface area (Å²) < 4.78 is 75.3. The lowest BCUT2D eigenvalue weighted by Gasteiger charge is -2.46. The molecule has 0 bridgehead atoms. The fourth-order valence-corrected chi connectivity index (χ4v) is 4.05. The molecule has 1 N–H and O–H groups in total. The van der Waals surface area contributed by atoms with Crippen molar-refractivity contribution >= 4 is 12.2 Å². The number of alkyl halides is 4. The van der Waals surface area contributed by atoms with E-state index in [1.54, 1.807) is 20.8 Å². The maximum atomic E-state index is 13.9. The van der Waals surface area contributed by atoms with E-state index in [-0.39, 0.29) is 17.7 Å². The van der Waals surface area contributed by atoms with Gasteiger partial charge < -0.3 is 14.6 Å². The zero-order chi connectivity index (χ0) is 25.5. The first-order valence-corrected chi connectivity index (χ1v) is 9.99. The maximum Gasteiger partial charge on any atom is 0.461 e. The molecule has 1 saturated heterocycles. The Hall–Kier alpha value is -3.44. The van der Waals surface area contributed by atoms with Gasteiger partial charge in [0.1, 0.15) is 11.3 Å². The number of ether oxygens (including phenoxy) is 2. The number of rotatable bonds is 6. The number of nitrogens with zero attached hydrogens (tertiary/aromatic N) is 2. The highest BCUT2D eigenvalue weighted by molar-refractivity contribution is 5.90. The molecule has 184 valence electrons. The van der Waals surface area contributed by atoms with Gasteiger partial charge >= 0.3 is 24.7 Å². The topological polar surface area (TPSA) is 89.0 Å². The molecule has 12 heteroatoms. The molecule has 1 fully saturated rings. The van der Waals surface area contributed by atoms with Crippen LogP contribution in [0.3, 0.4) is 0 Å². The molecule has 7 nitrogen and oxygen atoms in total. The van der Waals surface area contributed by atoms with Crippen LogP contribution in [-0.2, 0) is 11.2 Å². The number of hydrogen-bond acceptors (Lipinski definition) is 5. The van der Waals surface area contributed by atoms with Gasteiger partial charge in [-0.2, -0.15) is 22.0 Å². The highest BCUT2D eigenvalue weighted by Gasteiger charge is 2.64. The lowest BCUT2D eigenvalue weighted by Crippen LogP contribution is -2.60. The van der Waals surface area contributed by atoms with E-state index in [4.69, 9.17) is 4.74 Å². The molecule has 0 radical (unpaired) electrons. The molecule has 0 spiro atoms. The van der Waals surface area contributed by atoms with Gasteiger partial charge in [0.2, 0.25) is 5.95 Å². The Bertz CT molecular complexity index is 1090. The molecule has 1 aliphatic rings. The van der Waals surface area contributed by atoms with Crippen LogP contribution < -0.4 is 4.74 Å². The minimum atomic E-state index is -4.76. The zero-order valence-corrected chi connectivity index (χ0v) is 18.3. The van der Waals surface area contributed by atoms with Gasteiger partial charge in [0, 0.05) is 6.42 Å². The third-order valence-corrected chi connectivity index (χ3v) is 5.61. The lowest BCUT2D eigenvalue weighted by atomic mass is 9.65. The van der Waals surface area contributed by atoms with Crippen molar-refractivity contribution in [3.8, 4) is 5.75 Å². The van der Waals surface area contributed by atoms with Gasteiger partial charge in [-0.15, -0.1) is 0 Å². The van der Waals surface area contributed by atoms with Crippen LogP contribution in [0.5, 0.6) is 5.75 Å². The van der Waals surface area contributed by atoms with Gasteiger partial charge in [0.25, 0.3) is 0 Å². The molecule has 0 saturated carbocycles. The fraction of sp³-hybridized carbons (Fsp3) is 0.409. The number of carbonyl (C=O) groups is 2. The van der Waals surface area contributed by atoms with Gasteiger partial charge in [-0.1, -0.05) is 39.0 Å². The average molecular weight is 488 g/mol. The van der Waals surface area contributed by atoms with Crippen LogP contribution >= 0.6 is 0 Å². The van der Waals surface area contributed by atoms with Crippen molar-refractivity contribution < 1.29 is 46.1 Å². The second-order valence-corrected chi connectivity index (χ2v) is 8.73. The first kappa shape index (κ1) is 25.2. The summed E-state index contributed by atoms with van der Waals surface area (Å²) in [6, 6.07) is 8.44. The van der Waals surface area contributed by atoms with Crippen LogP contribution in [0.4, 0.5) is 31.5 Å². The molecule has 1 aromatic carbocycles. The standard InChI is InChI=1S/C22H21F5N2O5/c1-20(2,3)21(11-12-6-4-7-13(10-12)34-22(26,27)17(24)25)16(14-8-5-9-15(23)28-14)33-19(32)29(21)18(30)31/h4-10,16-17H,11H2,1-3H3,(H,30,31). The first-order chi connectivity index (χ1) is 15.7. The van der Waals surface area contributed by atoms with Gasteiger partial charge in [0.05, 0.1) is 5.69 Å². The van der Waals surface area contributed by atoms with Crippen LogP contribution in [0.15, 0.2) is 42.5 Å². The average Bonchev–Trinajstić information content (AvgIpc) is 3.01. The summed E-state index contributed by atoms with van der Waals surface area (Å²) in [7, 11) is 0. The predicted octanol–water partition coefficient (Wildman–Crippen LogP) is 5.66. The summed E-state index contributed by atoms with van der Waals surface area (Å²) >= 11 is 0. The number of hydrogen-bond donors (Lipinski definition) is 1. The molecular formula is C22H21F5N2O5. The second-order valence-electron chi connectivity index (χ2n) is 8.73. The molecule has 1 aromatic heterocycles. The van der Waals surface area contributed by atoms with Crippen molar-refractivity contribution in [2.75, 3.05) is 0 Å². The van der Waals surface area contributed by atoms with Gasteiger partial charge in [-0.25, -0.2) is 19.5 Å². The quantitative estimate of drug-likeness (QED) is 0.417. The molecule has 2 amide bonds. The van der Waals surface area contributed by atoms with Gasteiger partial charge in [-0.05, 0) is 35.2 Å². The molecular weight excluding hydrogens is 467 g/mol. The van der Waals surface area contributed by atoms with E-state index in [0.717, 1.165) is 18.2 Å². The van der Waals surface area contributed by atoms with Crippen molar-refractivity contribution in [2.24, 2.45) is 5.41 Å². The Balaban J connectivity index is 2.15. The first-order valence-electron chi connectivity index (χ1n) is 9.99. The number of halogens is 5. The van der Waals surface area contributed by atoms with E-state index in [2.05, 4.69) is 9.72 Å². The summed E-state index contributed by atoms with van der Waals surface area (Å²) in [5, 5.41) is 9.87. The van der Waals surface area contributed by atoms with Crippen LogP contribution in [0.25, 0.3) is 0 Å². The van der Waals surface area contributed by atoms with E-state index < -0.39 is 53.5 Å². The number of imide groups is 1. The van der Waals surface area contributed by atoms with Gasteiger partial charge in [0.15, 0.2) is 6.10 Å². The fourth-order valence-electron chi connectivity index (χ4n) is 4.05. The Morgan fingerprint density at radius 1 is 1.24 bits per heavy atom. The van der Waals surface area contributed by atoms with E-state index >= 15 is 0 Å². The normalized spacial score (nSPS) is 21.0. The molecule has 2 heterocycles. The molecule has 3 rings (SSSR count). The molecule has 34 heavy (non-hydrogen) atoms. The van der Waals surface area contributed by atoms with Crippen LogP contribution in [-0.4, -0.2) is 45.2 Å². The minimum absolute atomic E-state index is 0.0661. The van der Waals surface area contributed by atoms with Crippen molar-refractivity contribution in [3.05, 3.63) is 59.7 Å². The smallest absolute Gasteiger partial charge is 0.461 e. The summed E-state index contributed by atoms with van der Waals surface area (Å²) in [6.07, 6.45) is -13.4. The van der Waals surface area contributed by atoms with E-state index in [1.165, 1.54) is 24.3 Å². The molecule has 2 unspecified atom stereocenters. The Labute approximate surface area is 191 Å². The molecule has 1 aliphatic heterocycles. The second kappa shape index (κ2) is 8.73. The minimum Gasteiger partial charge on any atom is -0.465 e. The van der Waals surface area contributed by atoms with Crippen LogP contribution in [0.1, 0.15) is 38.1 Å². The van der Waals surface area contributed by atoms with Crippen molar-refractivity contribution in [1.82, 2.24) is 9.88 Å². The molecule has 2 aromatic rings. The van der Waals surface area contributed by atoms with E-state index in [0.29, 0.717) is 4.90 Å². The van der Waals surface area contributed by atoms with E-state index in [9.17, 15) is 36.6 Å². The van der Waals surface area contributed by atoms with E-state index in [1.807, 2.05) is 0 Å². The highest BCUT2D eigenvalue weighted by atomic mass is 19.3. The highest BCUT2D eigenvalue weighted by Crippen LogP contribution is 2.53. The van der Waals surface area contributed by atoms with Crippen molar-refractivity contribution in [1.29, 1.82) is 0 Å². The molecule has 2 atom stereocenters. The molecule has 0 aliphatic carbocycles. The third-order valence-electron chi connectivity index (χ3n) is 5.61. The zero-order valence-electron chi connectivity index (χ0n) is 18.3. The maximum absolute atomic E-state index is 13.9. The Morgan fingerprint density at radius 2 is 1.88 bits per heavy atom. The summed E-state index contributed by atoms with van der Waals surface area (Å²) in [6.45, 7) is 4.84. The number of benzene rings is 1.